The summed E-state index contributed by atoms with van der Waals surface area (Å²) in [6.45, 7) is 6.57. The Hall–Kier alpha value is -3.01. The molecule has 0 aliphatic rings. The zero-order valence-corrected chi connectivity index (χ0v) is 16.8. The van der Waals surface area contributed by atoms with Crippen LogP contribution in [-0.4, -0.2) is 7.11 Å². The van der Waals surface area contributed by atoms with Crippen LogP contribution in [0.4, 0.5) is 0 Å². The molecule has 0 saturated carbocycles. The Morgan fingerprint density at radius 3 is 2.29 bits per heavy atom. The average molecular weight is 378 g/mol. The predicted octanol–water partition coefficient (Wildman–Crippen LogP) is 5.52. The normalized spacial score (nSPS) is 11.3. The molecule has 0 atom stereocenters. The van der Waals surface area contributed by atoms with E-state index in [1.54, 1.807) is 6.07 Å². The van der Waals surface area contributed by atoms with Crippen LogP contribution in [0.25, 0.3) is 0 Å². The fraction of sp³-hybridized carbons (Fsp3) is 0.292. The first-order chi connectivity index (χ1) is 13.3. The first kappa shape index (κ1) is 19.7. The minimum atomic E-state index is -0.398. The summed E-state index contributed by atoms with van der Waals surface area (Å²) in [5.74, 6) is 2.72. The van der Waals surface area contributed by atoms with Crippen molar-refractivity contribution >= 4 is 0 Å². The average Bonchev–Trinajstić information content (AvgIpc) is 2.66. The van der Waals surface area contributed by atoms with Gasteiger partial charge in [0.1, 0.15) is 23.0 Å². The molecule has 3 rings (SSSR count). The third-order valence-corrected chi connectivity index (χ3v) is 4.55. The SMILES string of the molecule is COc1cc(CCc2cccc(Oc3ccc(C(C)(C)C)cc3)c2)oc(=O)c1. The number of aryl methyl sites for hydroxylation is 2. The molecule has 146 valence electrons. The summed E-state index contributed by atoms with van der Waals surface area (Å²) in [5, 5.41) is 0. The summed E-state index contributed by atoms with van der Waals surface area (Å²) in [6, 6.07) is 19.2. The molecular formula is C24H26O4. The van der Waals surface area contributed by atoms with Crippen LogP contribution in [0, 0.1) is 0 Å². The minimum Gasteiger partial charge on any atom is -0.496 e. The Morgan fingerprint density at radius 2 is 1.61 bits per heavy atom. The van der Waals surface area contributed by atoms with Crippen LogP contribution >= 0.6 is 0 Å². The molecule has 2 aromatic carbocycles. The summed E-state index contributed by atoms with van der Waals surface area (Å²) in [4.78, 5) is 11.6. The smallest absolute Gasteiger partial charge is 0.339 e. The number of ether oxygens (including phenoxy) is 2. The Bertz CT molecular complexity index is 978. The quantitative estimate of drug-likeness (QED) is 0.566. The largest absolute Gasteiger partial charge is 0.496 e. The molecule has 4 nitrogen and oxygen atoms in total. The molecule has 1 heterocycles. The van der Waals surface area contributed by atoms with Crippen LogP contribution in [0.2, 0.25) is 0 Å². The zero-order chi connectivity index (χ0) is 20.1. The Labute approximate surface area is 165 Å². The Balaban J connectivity index is 1.67. The monoisotopic (exact) mass is 378 g/mol. The lowest BCUT2D eigenvalue weighted by Gasteiger charge is -2.19. The maximum absolute atomic E-state index is 11.6. The van der Waals surface area contributed by atoms with E-state index in [1.807, 2.05) is 36.4 Å². The van der Waals surface area contributed by atoms with Crippen molar-refractivity contribution in [1.82, 2.24) is 0 Å². The van der Waals surface area contributed by atoms with Gasteiger partial charge < -0.3 is 13.9 Å². The molecule has 0 amide bonds. The second-order valence-electron chi connectivity index (χ2n) is 7.81. The molecule has 0 N–H and O–H groups in total. The molecule has 0 radical (unpaired) electrons. The molecule has 1 aromatic heterocycles. The molecule has 4 heteroatoms. The van der Waals surface area contributed by atoms with Crippen LogP contribution < -0.4 is 15.1 Å². The molecule has 3 aromatic rings. The van der Waals surface area contributed by atoms with Gasteiger partial charge in [-0.3, -0.25) is 0 Å². The summed E-state index contributed by atoms with van der Waals surface area (Å²) < 4.78 is 16.4. The van der Waals surface area contributed by atoms with Crippen LogP contribution in [0.3, 0.4) is 0 Å². The van der Waals surface area contributed by atoms with Gasteiger partial charge in [-0.2, -0.15) is 0 Å². The van der Waals surface area contributed by atoms with E-state index in [1.165, 1.54) is 18.7 Å². The molecule has 28 heavy (non-hydrogen) atoms. The second kappa shape index (κ2) is 8.34. The minimum absolute atomic E-state index is 0.119. The van der Waals surface area contributed by atoms with Crippen LogP contribution in [0.5, 0.6) is 17.2 Å². The Morgan fingerprint density at radius 1 is 0.857 bits per heavy atom. The van der Waals surface area contributed by atoms with Crippen molar-refractivity contribution in [3.8, 4) is 17.2 Å². The lowest BCUT2D eigenvalue weighted by Crippen LogP contribution is -2.10. The van der Waals surface area contributed by atoms with Crippen molar-refractivity contribution in [2.75, 3.05) is 7.11 Å². The van der Waals surface area contributed by atoms with Crippen molar-refractivity contribution < 1.29 is 13.9 Å². The van der Waals surface area contributed by atoms with E-state index >= 15 is 0 Å². The number of rotatable bonds is 6. The lowest BCUT2D eigenvalue weighted by atomic mass is 9.87. The third kappa shape index (κ3) is 5.26. The molecule has 0 fully saturated rings. The number of hydrogen-bond acceptors (Lipinski definition) is 4. The summed E-state index contributed by atoms with van der Waals surface area (Å²) in [7, 11) is 1.54. The van der Waals surface area contributed by atoms with Crippen LogP contribution in [0.1, 0.15) is 37.7 Å². The second-order valence-corrected chi connectivity index (χ2v) is 7.81. The van der Waals surface area contributed by atoms with E-state index in [9.17, 15) is 4.79 Å². The van der Waals surface area contributed by atoms with E-state index in [2.05, 4.69) is 32.9 Å². The Kier molecular flexibility index (Phi) is 5.88. The molecule has 0 aliphatic heterocycles. The van der Waals surface area contributed by atoms with Crippen LogP contribution in [0.15, 0.2) is 69.9 Å². The zero-order valence-electron chi connectivity index (χ0n) is 16.8. The van der Waals surface area contributed by atoms with Crippen molar-refractivity contribution in [2.45, 2.75) is 39.0 Å². The number of hydrogen-bond donors (Lipinski definition) is 0. The van der Waals surface area contributed by atoms with Gasteiger partial charge in [0.05, 0.1) is 13.2 Å². The van der Waals surface area contributed by atoms with E-state index in [0.717, 1.165) is 23.5 Å². The van der Waals surface area contributed by atoms with Crippen molar-refractivity contribution in [3.05, 3.63) is 88.0 Å². The van der Waals surface area contributed by atoms with Crippen LogP contribution in [-0.2, 0) is 18.3 Å². The first-order valence-corrected chi connectivity index (χ1v) is 9.39. The van der Waals surface area contributed by atoms with Gasteiger partial charge in [-0.25, -0.2) is 4.79 Å². The maximum Gasteiger partial charge on any atom is 0.339 e. The summed E-state index contributed by atoms with van der Waals surface area (Å²) in [6.07, 6.45) is 1.34. The van der Waals surface area contributed by atoms with E-state index < -0.39 is 5.63 Å². The standard InChI is InChI=1S/C24H26O4/c1-24(2,3)18-9-12-19(13-10-18)27-20-7-5-6-17(14-20)8-11-21-15-22(26-4)16-23(25)28-21/h5-7,9-10,12-16H,8,11H2,1-4H3. The van der Waals surface area contributed by atoms with Gasteiger partial charge in [-0.15, -0.1) is 0 Å². The van der Waals surface area contributed by atoms with E-state index in [4.69, 9.17) is 13.9 Å². The molecular weight excluding hydrogens is 352 g/mol. The highest BCUT2D eigenvalue weighted by Crippen LogP contribution is 2.27. The van der Waals surface area contributed by atoms with Gasteiger partial charge in [0.15, 0.2) is 0 Å². The summed E-state index contributed by atoms with van der Waals surface area (Å²) in [5.41, 5.74) is 2.10. The van der Waals surface area contributed by atoms with Gasteiger partial charge in [-0.05, 0) is 47.2 Å². The highest BCUT2D eigenvalue weighted by atomic mass is 16.5. The predicted molar refractivity (Wildman–Crippen MR) is 111 cm³/mol. The van der Waals surface area contributed by atoms with Gasteiger partial charge >= 0.3 is 5.63 Å². The first-order valence-electron chi connectivity index (χ1n) is 9.39. The van der Waals surface area contributed by atoms with Crippen molar-refractivity contribution in [2.24, 2.45) is 0 Å². The molecule has 0 unspecified atom stereocenters. The fourth-order valence-corrected chi connectivity index (χ4v) is 2.94. The highest BCUT2D eigenvalue weighted by molar-refractivity contribution is 5.37. The molecule has 0 saturated heterocycles. The number of benzene rings is 2. The number of methoxy groups -OCH3 is 1. The van der Waals surface area contributed by atoms with Gasteiger partial charge in [0.2, 0.25) is 0 Å². The van der Waals surface area contributed by atoms with E-state index in [-0.39, 0.29) is 5.41 Å². The fourth-order valence-electron chi connectivity index (χ4n) is 2.94. The lowest BCUT2D eigenvalue weighted by molar-refractivity contribution is 0.392. The topological polar surface area (TPSA) is 48.7 Å². The molecule has 0 aliphatic carbocycles. The maximum atomic E-state index is 11.6. The molecule has 0 bridgehead atoms. The van der Waals surface area contributed by atoms with Gasteiger partial charge in [-0.1, -0.05) is 45.0 Å². The van der Waals surface area contributed by atoms with Gasteiger partial charge in [0.25, 0.3) is 0 Å². The molecule has 0 spiro atoms. The van der Waals surface area contributed by atoms with Crippen molar-refractivity contribution in [3.63, 3.8) is 0 Å². The summed E-state index contributed by atoms with van der Waals surface area (Å²) >= 11 is 0. The van der Waals surface area contributed by atoms with E-state index in [0.29, 0.717) is 17.9 Å². The van der Waals surface area contributed by atoms with Crippen molar-refractivity contribution in [1.29, 1.82) is 0 Å². The van der Waals surface area contributed by atoms with Gasteiger partial charge in [0, 0.05) is 12.5 Å². The third-order valence-electron chi connectivity index (χ3n) is 4.55. The highest BCUT2D eigenvalue weighted by Gasteiger charge is 2.13.